The summed E-state index contributed by atoms with van der Waals surface area (Å²) in [5, 5.41) is 11.6. The minimum absolute atomic E-state index is 0.161. The standard InChI is InChI=1S/C8H5F2N3O2/c9-6-2-7(10)5(8(14)15)1-4(6)3-12-13-11/h1-2H,3H2,(H,14,15). The Morgan fingerprint density at radius 1 is 1.47 bits per heavy atom. The first kappa shape index (κ1) is 10.9. The van der Waals surface area contributed by atoms with Gasteiger partial charge in [0.1, 0.15) is 11.6 Å². The van der Waals surface area contributed by atoms with E-state index < -0.39 is 23.2 Å². The molecule has 0 aliphatic carbocycles. The number of carboxylic acids is 1. The number of halogens is 2. The van der Waals surface area contributed by atoms with Crippen LogP contribution >= 0.6 is 0 Å². The Bertz CT molecular complexity index is 455. The smallest absolute Gasteiger partial charge is 0.338 e. The fourth-order valence-electron chi connectivity index (χ4n) is 0.987. The van der Waals surface area contributed by atoms with Crippen molar-refractivity contribution in [1.29, 1.82) is 0 Å². The van der Waals surface area contributed by atoms with Crippen molar-refractivity contribution in [1.82, 2.24) is 0 Å². The van der Waals surface area contributed by atoms with Crippen molar-refractivity contribution in [3.8, 4) is 0 Å². The predicted molar refractivity (Wildman–Crippen MR) is 46.2 cm³/mol. The molecule has 0 fully saturated rings. The number of azide groups is 1. The zero-order valence-corrected chi connectivity index (χ0v) is 7.31. The first-order valence-electron chi connectivity index (χ1n) is 3.78. The van der Waals surface area contributed by atoms with Gasteiger partial charge in [0.05, 0.1) is 12.1 Å². The van der Waals surface area contributed by atoms with Gasteiger partial charge in [0.2, 0.25) is 0 Å². The van der Waals surface area contributed by atoms with Gasteiger partial charge in [-0.1, -0.05) is 5.11 Å². The van der Waals surface area contributed by atoms with E-state index in [0.29, 0.717) is 6.07 Å². The Kier molecular flexibility index (Phi) is 3.20. The van der Waals surface area contributed by atoms with Gasteiger partial charge in [-0.25, -0.2) is 13.6 Å². The van der Waals surface area contributed by atoms with Crippen LogP contribution < -0.4 is 0 Å². The van der Waals surface area contributed by atoms with Crippen LogP contribution in [0.4, 0.5) is 8.78 Å². The molecule has 15 heavy (non-hydrogen) atoms. The largest absolute Gasteiger partial charge is 0.478 e. The molecule has 0 amide bonds. The summed E-state index contributed by atoms with van der Waals surface area (Å²) in [5.74, 6) is -3.61. The van der Waals surface area contributed by atoms with Gasteiger partial charge in [-0.2, -0.15) is 0 Å². The van der Waals surface area contributed by atoms with Crippen molar-refractivity contribution in [2.24, 2.45) is 5.11 Å². The van der Waals surface area contributed by atoms with Gasteiger partial charge in [-0.15, -0.1) is 0 Å². The summed E-state index contributed by atoms with van der Waals surface area (Å²) in [6, 6.07) is 1.26. The maximum absolute atomic E-state index is 13.0. The summed E-state index contributed by atoms with van der Waals surface area (Å²) >= 11 is 0. The molecular formula is C8H5F2N3O2. The number of aromatic carboxylic acids is 1. The van der Waals surface area contributed by atoms with E-state index in [2.05, 4.69) is 10.0 Å². The number of carbonyl (C=O) groups is 1. The Morgan fingerprint density at radius 3 is 2.67 bits per heavy atom. The number of nitrogens with zero attached hydrogens (tertiary/aromatic N) is 3. The van der Waals surface area contributed by atoms with Crippen molar-refractivity contribution in [3.05, 3.63) is 45.3 Å². The van der Waals surface area contributed by atoms with E-state index in [9.17, 15) is 13.6 Å². The normalized spacial score (nSPS) is 9.47. The molecule has 0 spiro atoms. The van der Waals surface area contributed by atoms with Crippen molar-refractivity contribution in [2.75, 3.05) is 0 Å². The molecule has 0 saturated heterocycles. The van der Waals surface area contributed by atoms with Gasteiger partial charge >= 0.3 is 5.97 Å². The van der Waals surface area contributed by atoms with Crippen LogP contribution in [0.3, 0.4) is 0 Å². The van der Waals surface area contributed by atoms with Crippen LogP contribution in [0.2, 0.25) is 0 Å². The van der Waals surface area contributed by atoms with Crippen molar-refractivity contribution in [2.45, 2.75) is 6.54 Å². The van der Waals surface area contributed by atoms with Crippen LogP contribution in [-0.2, 0) is 6.54 Å². The number of rotatable bonds is 3. The minimum Gasteiger partial charge on any atom is -0.478 e. The average molecular weight is 213 g/mol. The van der Waals surface area contributed by atoms with Crippen molar-refractivity contribution < 1.29 is 18.7 Å². The zero-order valence-electron chi connectivity index (χ0n) is 7.31. The molecule has 1 N–H and O–H groups in total. The molecule has 1 rings (SSSR count). The van der Waals surface area contributed by atoms with Crippen LogP contribution in [0.5, 0.6) is 0 Å². The third-order valence-electron chi connectivity index (χ3n) is 1.67. The van der Waals surface area contributed by atoms with Crippen molar-refractivity contribution >= 4 is 5.97 Å². The van der Waals surface area contributed by atoms with E-state index in [1.165, 1.54) is 0 Å². The highest BCUT2D eigenvalue weighted by molar-refractivity contribution is 5.88. The highest BCUT2D eigenvalue weighted by Gasteiger charge is 2.14. The summed E-state index contributed by atoms with van der Waals surface area (Å²) in [7, 11) is 0. The van der Waals surface area contributed by atoms with Gasteiger partial charge in [0.25, 0.3) is 0 Å². The Morgan fingerprint density at radius 2 is 2.13 bits per heavy atom. The highest BCUT2D eigenvalue weighted by Crippen LogP contribution is 2.16. The summed E-state index contributed by atoms with van der Waals surface area (Å²) in [6.07, 6.45) is 0. The van der Waals surface area contributed by atoms with Crippen molar-refractivity contribution in [3.63, 3.8) is 0 Å². The maximum atomic E-state index is 13.0. The first-order chi connectivity index (χ1) is 7.06. The van der Waals surface area contributed by atoms with E-state index in [-0.39, 0.29) is 12.1 Å². The molecule has 0 aliphatic heterocycles. The molecule has 0 radical (unpaired) electrons. The summed E-state index contributed by atoms with van der Waals surface area (Å²) in [6.45, 7) is -0.358. The van der Waals surface area contributed by atoms with Crippen LogP contribution in [0.15, 0.2) is 17.2 Å². The SMILES string of the molecule is [N-]=[N+]=NCc1cc(C(=O)O)c(F)cc1F. The lowest BCUT2D eigenvalue weighted by Crippen LogP contribution is -2.03. The quantitative estimate of drug-likeness (QED) is 0.475. The van der Waals surface area contributed by atoms with E-state index in [1.54, 1.807) is 0 Å². The number of hydrogen-bond donors (Lipinski definition) is 1. The van der Waals surface area contributed by atoms with Gasteiger partial charge < -0.3 is 5.11 Å². The second kappa shape index (κ2) is 4.39. The topological polar surface area (TPSA) is 86.1 Å². The summed E-state index contributed by atoms with van der Waals surface area (Å²) in [4.78, 5) is 12.9. The molecule has 0 bridgehead atoms. The van der Waals surface area contributed by atoms with Gasteiger partial charge in [0, 0.05) is 11.0 Å². The monoisotopic (exact) mass is 213 g/mol. The molecular weight excluding hydrogens is 208 g/mol. The van der Waals surface area contributed by atoms with Gasteiger partial charge in [0.15, 0.2) is 0 Å². The zero-order chi connectivity index (χ0) is 11.4. The maximum Gasteiger partial charge on any atom is 0.338 e. The number of benzene rings is 1. The Hall–Kier alpha value is -2.14. The summed E-state index contributed by atoms with van der Waals surface area (Å²) in [5.41, 5.74) is 7.18. The lowest BCUT2D eigenvalue weighted by Gasteiger charge is -2.02. The van der Waals surface area contributed by atoms with Crippen LogP contribution in [0.25, 0.3) is 10.4 Å². The summed E-state index contributed by atoms with van der Waals surface area (Å²) < 4.78 is 25.9. The second-order valence-electron chi connectivity index (χ2n) is 2.62. The van der Waals surface area contributed by atoms with Gasteiger partial charge in [-0.05, 0) is 17.2 Å². The van der Waals surface area contributed by atoms with E-state index in [1.807, 2.05) is 0 Å². The predicted octanol–water partition coefficient (Wildman–Crippen LogP) is 2.47. The molecule has 78 valence electrons. The lowest BCUT2D eigenvalue weighted by atomic mass is 10.1. The van der Waals surface area contributed by atoms with E-state index in [4.69, 9.17) is 10.6 Å². The Balaban J connectivity index is 3.22. The van der Waals surface area contributed by atoms with Gasteiger partial charge in [-0.3, -0.25) is 0 Å². The molecule has 0 aromatic heterocycles. The van der Waals surface area contributed by atoms with Crippen LogP contribution in [0, 0.1) is 11.6 Å². The molecule has 0 unspecified atom stereocenters. The first-order valence-corrected chi connectivity index (χ1v) is 3.78. The molecule has 0 heterocycles. The third kappa shape index (κ3) is 2.41. The molecule has 1 aromatic rings. The third-order valence-corrected chi connectivity index (χ3v) is 1.67. The molecule has 5 nitrogen and oxygen atoms in total. The molecule has 7 heteroatoms. The molecule has 0 saturated carbocycles. The number of hydrogen-bond acceptors (Lipinski definition) is 2. The fraction of sp³-hybridized carbons (Fsp3) is 0.125. The average Bonchev–Trinajstić information content (AvgIpc) is 2.16. The molecule has 0 aliphatic rings. The highest BCUT2D eigenvalue weighted by atomic mass is 19.1. The fourth-order valence-corrected chi connectivity index (χ4v) is 0.987. The number of carboxylic acid groups (broad SMARTS) is 1. The van der Waals surface area contributed by atoms with Crippen LogP contribution in [-0.4, -0.2) is 11.1 Å². The minimum atomic E-state index is -1.50. The van der Waals surface area contributed by atoms with E-state index in [0.717, 1.165) is 6.07 Å². The molecule has 0 atom stereocenters. The Labute approximate surface area is 82.6 Å². The lowest BCUT2D eigenvalue weighted by molar-refractivity contribution is 0.0691. The second-order valence-corrected chi connectivity index (χ2v) is 2.62. The van der Waals surface area contributed by atoms with E-state index >= 15 is 0 Å². The van der Waals surface area contributed by atoms with Crippen LogP contribution in [0.1, 0.15) is 15.9 Å². The molecule has 1 aromatic carbocycles.